The Morgan fingerprint density at radius 2 is 2.29 bits per heavy atom. The number of nitrogens with zero attached hydrogens (tertiary/aromatic N) is 2. The van der Waals surface area contributed by atoms with E-state index in [2.05, 4.69) is 15.2 Å². The van der Waals surface area contributed by atoms with E-state index in [1.165, 1.54) is 0 Å². The minimum Gasteiger partial charge on any atom is -0.382 e. The first-order valence-corrected chi connectivity index (χ1v) is 5.64. The average molecular weight is 232 g/mol. The van der Waals surface area contributed by atoms with Crippen LogP contribution in [0, 0.1) is 0 Å². The number of hydrogen-bond acceptors (Lipinski definition) is 4. The lowest BCUT2D eigenvalue weighted by atomic mass is 10.1. The van der Waals surface area contributed by atoms with Gasteiger partial charge in [-0.25, -0.2) is 0 Å². The van der Waals surface area contributed by atoms with Crippen LogP contribution >= 0.6 is 0 Å². The first kappa shape index (κ1) is 11.6. The molecule has 0 radical (unpaired) electrons. The molecule has 0 aliphatic heterocycles. The van der Waals surface area contributed by atoms with Gasteiger partial charge in [-0.3, -0.25) is 10.1 Å². The third kappa shape index (κ3) is 2.62. The Bertz CT molecular complexity index is 467. The third-order valence-corrected chi connectivity index (χ3v) is 2.49. The van der Waals surface area contributed by atoms with Crippen LogP contribution in [0.25, 0.3) is 11.3 Å². The molecule has 0 aliphatic rings. The number of nitrogens with two attached hydrogens (primary N) is 1. The summed E-state index contributed by atoms with van der Waals surface area (Å²) in [5, 5.41) is 6.97. The van der Waals surface area contributed by atoms with Crippen LogP contribution in [0.15, 0.2) is 24.4 Å². The fourth-order valence-electron chi connectivity index (χ4n) is 1.69. The van der Waals surface area contributed by atoms with Crippen molar-refractivity contribution in [2.75, 3.05) is 18.9 Å². The molecule has 0 bridgehead atoms. The summed E-state index contributed by atoms with van der Waals surface area (Å²) in [4.78, 5) is 4.29. The molecule has 0 amide bonds. The molecular weight excluding hydrogens is 216 g/mol. The van der Waals surface area contributed by atoms with Gasteiger partial charge < -0.3 is 10.5 Å². The minimum atomic E-state index is 0.482. The zero-order valence-corrected chi connectivity index (χ0v) is 9.81. The Balaban J connectivity index is 2.24. The molecular formula is C12H16N4O. The molecule has 17 heavy (non-hydrogen) atoms. The van der Waals surface area contributed by atoms with Crippen LogP contribution in [0.4, 0.5) is 5.82 Å². The molecule has 0 unspecified atom stereocenters. The van der Waals surface area contributed by atoms with Crippen LogP contribution < -0.4 is 5.73 Å². The van der Waals surface area contributed by atoms with Gasteiger partial charge in [-0.15, -0.1) is 0 Å². The van der Waals surface area contributed by atoms with Crippen molar-refractivity contribution >= 4 is 5.82 Å². The van der Waals surface area contributed by atoms with Crippen LogP contribution in [0.2, 0.25) is 0 Å². The molecule has 2 rings (SSSR count). The zero-order valence-electron chi connectivity index (χ0n) is 9.81. The standard InChI is InChI=1S/C12H16N4O/c1-2-17-8-6-10-11(12(13)16-15-10)9-5-3-4-7-14-9/h3-5,7H,2,6,8H2,1H3,(H3,13,15,16). The van der Waals surface area contributed by atoms with E-state index in [1.807, 2.05) is 25.1 Å². The van der Waals surface area contributed by atoms with E-state index in [1.54, 1.807) is 6.20 Å². The Morgan fingerprint density at radius 3 is 3.00 bits per heavy atom. The molecule has 0 saturated heterocycles. The number of hydrogen-bond donors (Lipinski definition) is 2. The summed E-state index contributed by atoms with van der Waals surface area (Å²) in [6.45, 7) is 3.33. The van der Waals surface area contributed by atoms with Gasteiger partial charge in [-0.1, -0.05) is 6.07 Å². The maximum absolute atomic E-state index is 5.85. The van der Waals surface area contributed by atoms with Crippen molar-refractivity contribution in [2.45, 2.75) is 13.3 Å². The molecule has 90 valence electrons. The quantitative estimate of drug-likeness (QED) is 0.768. The molecule has 0 saturated carbocycles. The Morgan fingerprint density at radius 1 is 1.41 bits per heavy atom. The summed E-state index contributed by atoms with van der Waals surface area (Å²) in [6.07, 6.45) is 2.50. The Hall–Kier alpha value is -1.88. The molecule has 5 heteroatoms. The third-order valence-electron chi connectivity index (χ3n) is 2.49. The fraction of sp³-hybridized carbons (Fsp3) is 0.333. The second-order valence-corrected chi connectivity index (χ2v) is 3.62. The molecule has 0 fully saturated rings. The molecule has 0 aliphatic carbocycles. The van der Waals surface area contributed by atoms with Crippen molar-refractivity contribution in [3.63, 3.8) is 0 Å². The number of H-pyrrole nitrogens is 1. The highest BCUT2D eigenvalue weighted by Gasteiger charge is 2.13. The number of nitrogens with one attached hydrogen (secondary N) is 1. The molecule has 3 N–H and O–H groups in total. The van der Waals surface area contributed by atoms with Gasteiger partial charge in [0, 0.05) is 24.9 Å². The highest BCUT2D eigenvalue weighted by Crippen LogP contribution is 2.25. The number of aromatic amines is 1. The number of ether oxygens (including phenoxy) is 1. The summed E-state index contributed by atoms with van der Waals surface area (Å²) >= 11 is 0. The normalized spacial score (nSPS) is 10.6. The molecule has 0 atom stereocenters. The maximum atomic E-state index is 5.85. The van der Waals surface area contributed by atoms with E-state index < -0.39 is 0 Å². The summed E-state index contributed by atoms with van der Waals surface area (Å²) in [5.41, 5.74) is 8.54. The second-order valence-electron chi connectivity index (χ2n) is 3.62. The predicted molar refractivity (Wildman–Crippen MR) is 66.4 cm³/mol. The summed E-state index contributed by atoms with van der Waals surface area (Å²) in [7, 11) is 0. The number of nitrogen functional groups attached to an aromatic ring is 1. The number of aromatic nitrogens is 3. The molecule has 2 aromatic heterocycles. The van der Waals surface area contributed by atoms with E-state index in [0.717, 1.165) is 23.4 Å². The molecule has 0 aromatic carbocycles. The smallest absolute Gasteiger partial charge is 0.154 e. The van der Waals surface area contributed by atoms with Gasteiger partial charge in [0.05, 0.1) is 17.9 Å². The van der Waals surface area contributed by atoms with E-state index in [0.29, 0.717) is 19.0 Å². The van der Waals surface area contributed by atoms with Crippen molar-refractivity contribution in [3.8, 4) is 11.3 Å². The molecule has 5 nitrogen and oxygen atoms in total. The van der Waals surface area contributed by atoms with Gasteiger partial charge >= 0.3 is 0 Å². The lowest BCUT2D eigenvalue weighted by Crippen LogP contribution is -2.00. The lowest BCUT2D eigenvalue weighted by molar-refractivity contribution is 0.150. The van der Waals surface area contributed by atoms with Gasteiger partial charge in [-0.05, 0) is 19.1 Å². The largest absolute Gasteiger partial charge is 0.382 e. The number of pyridine rings is 1. The van der Waals surface area contributed by atoms with Crippen molar-refractivity contribution in [3.05, 3.63) is 30.1 Å². The van der Waals surface area contributed by atoms with E-state index in [9.17, 15) is 0 Å². The van der Waals surface area contributed by atoms with Crippen LogP contribution in [0.5, 0.6) is 0 Å². The SMILES string of the molecule is CCOCCc1[nH]nc(N)c1-c1ccccn1. The zero-order chi connectivity index (χ0) is 12.1. The lowest BCUT2D eigenvalue weighted by Gasteiger charge is -2.03. The Labute approximate surface area is 100 Å². The highest BCUT2D eigenvalue weighted by atomic mass is 16.5. The van der Waals surface area contributed by atoms with Gasteiger partial charge in [0.1, 0.15) is 0 Å². The number of anilines is 1. The monoisotopic (exact) mass is 232 g/mol. The summed E-state index contributed by atoms with van der Waals surface area (Å²) in [5.74, 6) is 0.482. The minimum absolute atomic E-state index is 0.482. The molecule has 0 spiro atoms. The van der Waals surface area contributed by atoms with Crippen molar-refractivity contribution in [2.24, 2.45) is 0 Å². The predicted octanol–water partition coefficient (Wildman–Crippen LogP) is 1.63. The van der Waals surface area contributed by atoms with E-state index >= 15 is 0 Å². The van der Waals surface area contributed by atoms with Crippen molar-refractivity contribution in [1.82, 2.24) is 15.2 Å². The maximum Gasteiger partial charge on any atom is 0.154 e. The number of rotatable bonds is 5. The average Bonchev–Trinajstić information content (AvgIpc) is 2.72. The second kappa shape index (κ2) is 5.45. The topological polar surface area (TPSA) is 76.8 Å². The first-order chi connectivity index (χ1) is 8.33. The summed E-state index contributed by atoms with van der Waals surface area (Å²) < 4.78 is 5.33. The van der Waals surface area contributed by atoms with Crippen LogP contribution in [0.3, 0.4) is 0 Å². The highest BCUT2D eigenvalue weighted by molar-refractivity contribution is 5.73. The van der Waals surface area contributed by atoms with Crippen LogP contribution in [-0.4, -0.2) is 28.4 Å². The molecule has 2 heterocycles. The van der Waals surface area contributed by atoms with Crippen molar-refractivity contribution in [1.29, 1.82) is 0 Å². The van der Waals surface area contributed by atoms with Crippen molar-refractivity contribution < 1.29 is 4.74 Å². The first-order valence-electron chi connectivity index (χ1n) is 5.64. The van der Waals surface area contributed by atoms with Gasteiger partial charge in [-0.2, -0.15) is 5.10 Å². The Kier molecular flexibility index (Phi) is 3.72. The summed E-state index contributed by atoms with van der Waals surface area (Å²) in [6, 6.07) is 5.73. The van der Waals surface area contributed by atoms with Crippen LogP contribution in [0.1, 0.15) is 12.6 Å². The fourth-order valence-corrected chi connectivity index (χ4v) is 1.69. The van der Waals surface area contributed by atoms with Gasteiger partial charge in [0.15, 0.2) is 5.82 Å². The van der Waals surface area contributed by atoms with E-state index in [-0.39, 0.29) is 0 Å². The molecule has 2 aromatic rings. The van der Waals surface area contributed by atoms with Crippen LogP contribution in [-0.2, 0) is 11.2 Å². The van der Waals surface area contributed by atoms with Gasteiger partial charge in [0.2, 0.25) is 0 Å². The van der Waals surface area contributed by atoms with E-state index in [4.69, 9.17) is 10.5 Å². The van der Waals surface area contributed by atoms with Gasteiger partial charge in [0.25, 0.3) is 0 Å².